The van der Waals surface area contributed by atoms with Crippen molar-refractivity contribution in [3.63, 3.8) is 0 Å². The number of rotatable bonds is 3. The molecule has 0 unspecified atom stereocenters. The van der Waals surface area contributed by atoms with Crippen molar-refractivity contribution in [3.8, 4) is 0 Å². The zero-order valence-electron chi connectivity index (χ0n) is 14.1. The predicted molar refractivity (Wildman–Crippen MR) is 98.1 cm³/mol. The van der Waals surface area contributed by atoms with Crippen molar-refractivity contribution in [1.29, 1.82) is 0 Å². The average molecular weight is 355 g/mol. The Bertz CT molecular complexity index is 992. The summed E-state index contributed by atoms with van der Waals surface area (Å²) < 4.78 is 1.92. The molecular formula is C19H21N3O2S. The molecule has 2 aromatic rings. The molecule has 3 saturated carbocycles. The van der Waals surface area contributed by atoms with Crippen molar-refractivity contribution in [2.45, 2.75) is 38.8 Å². The van der Waals surface area contributed by atoms with Crippen molar-refractivity contribution in [3.05, 3.63) is 38.9 Å². The molecule has 5 rings (SSSR count). The zero-order valence-corrected chi connectivity index (χ0v) is 14.9. The van der Waals surface area contributed by atoms with Crippen LogP contribution in [0.4, 0.5) is 0 Å². The fourth-order valence-corrected chi connectivity index (χ4v) is 5.76. The van der Waals surface area contributed by atoms with Gasteiger partial charge in [-0.05, 0) is 80.3 Å². The fraction of sp³-hybridized carbons (Fsp3) is 0.526. The Kier molecular flexibility index (Phi) is 3.23. The van der Waals surface area contributed by atoms with E-state index in [2.05, 4.69) is 10.3 Å². The summed E-state index contributed by atoms with van der Waals surface area (Å²) >= 11 is 5.25. The quantitative estimate of drug-likeness (QED) is 0.832. The van der Waals surface area contributed by atoms with E-state index in [9.17, 15) is 9.59 Å². The first-order valence-electron chi connectivity index (χ1n) is 9.16. The van der Waals surface area contributed by atoms with E-state index in [0.717, 1.165) is 11.8 Å². The molecule has 25 heavy (non-hydrogen) atoms. The van der Waals surface area contributed by atoms with Gasteiger partial charge in [0.2, 0.25) is 0 Å². The number of hydrogen-bond acceptors (Lipinski definition) is 3. The lowest BCUT2D eigenvalue weighted by atomic mass is 10.0. The highest BCUT2D eigenvalue weighted by atomic mass is 32.1. The van der Waals surface area contributed by atoms with Crippen LogP contribution >= 0.6 is 12.2 Å². The van der Waals surface area contributed by atoms with Gasteiger partial charge < -0.3 is 10.3 Å². The van der Waals surface area contributed by atoms with Crippen LogP contribution in [0.5, 0.6) is 0 Å². The Balaban J connectivity index is 1.42. The van der Waals surface area contributed by atoms with Crippen molar-refractivity contribution in [2.75, 3.05) is 0 Å². The van der Waals surface area contributed by atoms with Crippen LogP contribution in [-0.2, 0) is 6.54 Å². The number of aromatic amines is 1. The molecular weight excluding hydrogens is 334 g/mol. The lowest BCUT2D eigenvalue weighted by molar-refractivity contribution is 0.0944. The van der Waals surface area contributed by atoms with Crippen LogP contribution in [0.1, 0.15) is 36.5 Å². The molecule has 0 aliphatic heterocycles. The lowest BCUT2D eigenvalue weighted by Crippen LogP contribution is -2.30. The number of benzene rings is 1. The number of nitrogens with zero attached hydrogens (tertiary/aromatic N) is 1. The molecule has 4 atom stereocenters. The summed E-state index contributed by atoms with van der Waals surface area (Å²) in [5.74, 6) is 3.05. The van der Waals surface area contributed by atoms with Gasteiger partial charge >= 0.3 is 0 Å². The SMILES string of the molecule is CCn1c(=S)[nH]c2cc(C(=O)NC3[C@H]4[C@H]5CC[C@@H](C5)[C@H]34)ccc2c1=O. The lowest BCUT2D eigenvalue weighted by Gasteiger charge is -2.11. The second-order valence-electron chi connectivity index (χ2n) is 7.73. The van der Waals surface area contributed by atoms with Crippen molar-refractivity contribution >= 4 is 29.0 Å². The summed E-state index contributed by atoms with van der Waals surface area (Å²) in [6.07, 6.45) is 4.06. The number of fused-ring (bicyclic) bond motifs is 6. The molecule has 0 saturated heterocycles. The number of hydrogen-bond donors (Lipinski definition) is 2. The van der Waals surface area contributed by atoms with Crippen LogP contribution in [0.25, 0.3) is 10.9 Å². The summed E-state index contributed by atoms with van der Waals surface area (Å²) in [6.45, 7) is 2.41. The second kappa shape index (κ2) is 5.27. The van der Waals surface area contributed by atoms with Crippen molar-refractivity contribution < 1.29 is 4.79 Å². The second-order valence-corrected chi connectivity index (χ2v) is 8.11. The molecule has 3 aliphatic rings. The molecule has 2 N–H and O–H groups in total. The van der Waals surface area contributed by atoms with E-state index in [0.29, 0.717) is 45.7 Å². The van der Waals surface area contributed by atoms with Crippen LogP contribution < -0.4 is 10.9 Å². The Morgan fingerprint density at radius 3 is 2.72 bits per heavy atom. The zero-order chi connectivity index (χ0) is 17.3. The van der Waals surface area contributed by atoms with E-state index in [4.69, 9.17) is 12.2 Å². The molecule has 0 spiro atoms. The van der Waals surface area contributed by atoms with Gasteiger partial charge in [-0.1, -0.05) is 0 Å². The van der Waals surface area contributed by atoms with E-state index in [1.807, 2.05) is 6.92 Å². The number of carbonyl (C=O) groups excluding carboxylic acids is 1. The summed E-state index contributed by atoms with van der Waals surface area (Å²) in [7, 11) is 0. The molecule has 1 aromatic carbocycles. The predicted octanol–water partition coefficient (Wildman–Crippen LogP) is 2.85. The van der Waals surface area contributed by atoms with Crippen LogP contribution in [0.15, 0.2) is 23.0 Å². The van der Waals surface area contributed by atoms with Gasteiger partial charge in [0.25, 0.3) is 11.5 Å². The van der Waals surface area contributed by atoms with Crippen LogP contribution in [-0.4, -0.2) is 21.5 Å². The Hall–Kier alpha value is -1.95. The number of H-pyrrole nitrogens is 1. The number of aromatic nitrogens is 2. The van der Waals surface area contributed by atoms with Crippen LogP contribution in [0.3, 0.4) is 0 Å². The monoisotopic (exact) mass is 355 g/mol. The molecule has 3 aliphatic carbocycles. The molecule has 130 valence electrons. The molecule has 2 bridgehead atoms. The molecule has 3 fully saturated rings. The third-order valence-electron chi connectivity index (χ3n) is 6.59. The first kappa shape index (κ1) is 15.3. The first-order chi connectivity index (χ1) is 12.1. The van der Waals surface area contributed by atoms with E-state index in [1.54, 1.807) is 18.2 Å². The number of nitrogens with one attached hydrogen (secondary N) is 2. The Morgan fingerprint density at radius 1 is 1.32 bits per heavy atom. The highest BCUT2D eigenvalue weighted by Gasteiger charge is 2.65. The number of amides is 1. The average Bonchev–Trinajstić information content (AvgIpc) is 2.98. The minimum absolute atomic E-state index is 0.0420. The Labute approximate surface area is 150 Å². The maximum Gasteiger partial charge on any atom is 0.262 e. The minimum Gasteiger partial charge on any atom is -0.349 e. The van der Waals surface area contributed by atoms with Crippen molar-refractivity contribution in [2.24, 2.45) is 23.7 Å². The summed E-state index contributed by atoms with van der Waals surface area (Å²) in [5, 5.41) is 3.79. The summed E-state index contributed by atoms with van der Waals surface area (Å²) in [6, 6.07) is 5.57. The van der Waals surface area contributed by atoms with Crippen LogP contribution in [0, 0.1) is 28.4 Å². The normalized spacial score (nSPS) is 32.0. The Morgan fingerprint density at radius 2 is 2.04 bits per heavy atom. The van der Waals surface area contributed by atoms with E-state index >= 15 is 0 Å². The maximum absolute atomic E-state index is 12.7. The van der Waals surface area contributed by atoms with Gasteiger partial charge in [-0.3, -0.25) is 14.2 Å². The van der Waals surface area contributed by atoms with Gasteiger partial charge in [0.1, 0.15) is 0 Å². The minimum atomic E-state index is -0.110. The molecule has 1 heterocycles. The summed E-state index contributed by atoms with van der Waals surface area (Å²) in [5.41, 5.74) is 1.11. The third kappa shape index (κ3) is 2.16. The first-order valence-corrected chi connectivity index (χ1v) is 9.57. The molecule has 0 radical (unpaired) electrons. The third-order valence-corrected chi connectivity index (χ3v) is 6.92. The van der Waals surface area contributed by atoms with Gasteiger partial charge in [-0.2, -0.15) is 0 Å². The largest absolute Gasteiger partial charge is 0.349 e. The molecule has 6 heteroatoms. The van der Waals surface area contributed by atoms with Gasteiger partial charge in [-0.15, -0.1) is 0 Å². The van der Waals surface area contributed by atoms with Gasteiger partial charge in [0, 0.05) is 18.2 Å². The van der Waals surface area contributed by atoms with E-state index < -0.39 is 0 Å². The van der Waals surface area contributed by atoms with E-state index in [-0.39, 0.29) is 11.5 Å². The topological polar surface area (TPSA) is 66.9 Å². The summed E-state index contributed by atoms with van der Waals surface area (Å²) in [4.78, 5) is 28.2. The fourth-order valence-electron chi connectivity index (χ4n) is 5.44. The van der Waals surface area contributed by atoms with Crippen LogP contribution in [0.2, 0.25) is 0 Å². The van der Waals surface area contributed by atoms with Gasteiger partial charge in [0.15, 0.2) is 4.77 Å². The standard InChI is InChI=1S/C19H21N3O2S/c1-2-22-18(24)12-6-5-11(8-13(12)20-19(22)25)17(23)21-16-14-9-3-4-10(7-9)15(14)16/h5-6,8-10,14-16H,2-4,7H2,1H3,(H,20,25)(H,21,23)/t9-,10-,14-,15-/m0/s1. The highest BCUT2D eigenvalue weighted by molar-refractivity contribution is 7.71. The van der Waals surface area contributed by atoms with Crippen molar-refractivity contribution in [1.82, 2.24) is 14.9 Å². The molecule has 5 nitrogen and oxygen atoms in total. The maximum atomic E-state index is 12.7. The van der Waals surface area contributed by atoms with Gasteiger partial charge in [0.05, 0.1) is 10.9 Å². The van der Waals surface area contributed by atoms with E-state index in [1.165, 1.54) is 23.8 Å². The molecule has 1 amide bonds. The smallest absolute Gasteiger partial charge is 0.262 e. The molecule has 1 aromatic heterocycles. The van der Waals surface area contributed by atoms with Gasteiger partial charge in [-0.25, -0.2) is 0 Å². The number of carbonyl (C=O) groups is 1. The highest BCUT2D eigenvalue weighted by Crippen LogP contribution is 2.65.